The number of hydrogen-bond donors (Lipinski definition) is 1. The summed E-state index contributed by atoms with van der Waals surface area (Å²) in [7, 11) is 1.63. The summed E-state index contributed by atoms with van der Waals surface area (Å²) in [6.45, 7) is 5.87. The molecule has 1 N–H and O–H groups in total. The molecule has 23 heavy (non-hydrogen) atoms. The molecule has 0 bridgehead atoms. The number of benzene rings is 1. The molecule has 0 aliphatic heterocycles. The zero-order valence-electron chi connectivity index (χ0n) is 13.8. The molecule has 2 rings (SSSR count). The first kappa shape index (κ1) is 17.3. The average molecular weight is 331 g/mol. The Morgan fingerprint density at radius 1 is 1.22 bits per heavy atom. The fourth-order valence-corrected chi connectivity index (χ4v) is 2.54. The van der Waals surface area contributed by atoms with Crippen molar-refractivity contribution >= 4 is 17.7 Å². The van der Waals surface area contributed by atoms with E-state index >= 15 is 0 Å². The van der Waals surface area contributed by atoms with Crippen LogP contribution in [-0.4, -0.2) is 34.5 Å². The van der Waals surface area contributed by atoms with Gasteiger partial charge in [-0.15, -0.1) is 10.2 Å². The van der Waals surface area contributed by atoms with Gasteiger partial charge in [-0.1, -0.05) is 23.9 Å². The van der Waals surface area contributed by atoms with Crippen molar-refractivity contribution in [2.24, 2.45) is 0 Å². The molecule has 5 nitrogen and oxygen atoms in total. The lowest BCUT2D eigenvalue weighted by atomic mass is 10.1. The highest BCUT2D eigenvalue weighted by Gasteiger charge is 2.14. The molecule has 0 fully saturated rings. The number of carbonyl (C=O) groups is 1. The van der Waals surface area contributed by atoms with Gasteiger partial charge in [0, 0.05) is 11.1 Å². The van der Waals surface area contributed by atoms with Crippen LogP contribution in [0, 0.1) is 0 Å². The summed E-state index contributed by atoms with van der Waals surface area (Å²) < 4.78 is 5.21. The molecule has 0 atom stereocenters. The Labute approximate surface area is 140 Å². The molecule has 0 aliphatic rings. The van der Waals surface area contributed by atoms with Crippen LogP contribution in [0.3, 0.4) is 0 Å². The van der Waals surface area contributed by atoms with Crippen LogP contribution in [-0.2, 0) is 4.79 Å². The van der Waals surface area contributed by atoms with Gasteiger partial charge in [-0.3, -0.25) is 4.79 Å². The normalized spacial score (nSPS) is 11.1. The van der Waals surface area contributed by atoms with Gasteiger partial charge in [-0.2, -0.15) is 0 Å². The lowest BCUT2D eigenvalue weighted by Crippen LogP contribution is -2.41. The number of nitrogens with zero attached hydrogens (tertiary/aromatic N) is 2. The summed E-state index contributed by atoms with van der Waals surface area (Å²) in [5, 5.41) is 12.0. The quantitative estimate of drug-likeness (QED) is 0.853. The minimum absolute atomic E-state index is 0.0128. The summed E-state index contributed by atoms with van der Waals surface area (Å²) in [6.07, 6.45) is 0. The highest BCUT2D eigenvalue weighted by molar-refractivity contribution is 7.99. The van der Waals surface area contributed by atoms with E-state index < -0.39 is 0 Å². The molecule has 1 amide bonds. The fraction of sp³-hybridized carbons (Fsp3) is 0.353. The summed E-state index contributed by atoms with van der Waals surface area (Å²) >= 11 is 1.37. The minimum atomic E-state index is -0.223. The Morgan fingerprint density at radius 2 is 2.00 bits per heavy atom. The summed E-state index contributed by atoms with van der Waals surface area (Å²) in [5.41, 5.74) is 1.49. The smallest absolute Gasteiger partial charge is 0.230 e. The van der Waals surface area contributed by atoms with E-state index in [2.05, 4.69) is 15.5 Å². The summed E-state index contributed by atoms with van der Waals surface area (Å²) in [4.78, 5) is 11.8. The number of amides is 1. The van der Waals surface area contributed by atoms with Crippen molar-refractivity contribution in [2.45, 2.75) is 31.3 Å². The maximum absolute atomic E-state index is 11.8. The van der Waals surface area contributed by atoms with E-state index in [0.29, 0.717) is 5.75 Å². The van der Waals surface area contributed by atoms with Gasteiger partial charge in [0.1, 0.15) is 10.8 Å². The number of methoxy groups -OCH3 is 1. The Kier molecular flexibility index (Phi) is 5.60. The Hall–Kier alpha value is -2.08. The van der Waals surface area contributed by atoms with Crippen LogP contribution in [0.4, 0.5) is 0 Å². The minimum Gasteiger partial charge on any atom is -0.497 e. The van der Waals surface area contributed by atoms with E-state index in [1.807, 2.05) is 57.2 Å². The second-order valence-electron chi connectivity index (χ2n) is 6.08. The number of hydrogen-bond acceptors (Lipinski definition) is 5. The van der Waals surface area contributed by atoms with Crippen LogP contribution in [0.5, 0.6) is 5.75 Å². The molecule has 2 aromatic rings. The lowest BCUT2D eigenvalue weighted by Gasteiger charge is -2.20. The average Bonchev–Trinajstić information content (AvgIpc) is 2.52. The topological polar surface area (TPSA) is 64.1 Å². The standard InChI is InChI=1S/C17H21N3O2S/c1-17(2,3)18-15(21)11-23-16-9-8-14(19-20-16)12-6-5-7-13(10-12)22-4/h5-10H,11H2,1-4H3,(H,18,21). The third-order valence-corrected chi connectivity index (χ3v) is 3.79. The first-order chi connectivity index (χ1) is 10.9. The monoisotopic (exact) mass is 331 g/mol. The lowest BCUT2D eigenvalue weighted by molar-refractivity contribution is -0.119. The molecule has 0 unspecified atom stereocenters. The second kappa shape index (κ2) is 7.46. The molecule has 0 saturated heterocycles. The predicted molar refractivity (Wildman–Crippen MR) is 92.6 cm³/mol. The van der Waals surface area contributed by atoms with Gasteiger partial charge in [0.25, 0.3) is 0 Å². The van der Waals surface area contributed by atoms with E-state index in [9.17, 15) is 4.79 Å². The van der Waals surface area contributed by atoms with E-state index in [-0.39, 0.29) is 11.4 Å². The van der Waals surface area contributed by atoms with E-state index in [1.54, 1.807) is 7.11 Å². The molecule has 1 heterocycles. The van der Waals surface area contributed by atoms with Crippen molar-refractivity contribution in [1.82, 2.24) is 15.5 Å². The number of ether oxygens (including phenoxy) is 1. The molecule has 0 saturated carbocycles. The number of aromatic nitrogens is 2. The molecule has 1 aromatic carbocycles. The second-order valence-corrected chi connectivity index (χ2v) is 7.07. The molecule has 0 radical (unpaired) electrons. The maximum atomic E-state index is 11.8. The molecule has 6 heteroatoms. The fourth-order valence-electron chi connectivity index (χ4n) is 1.93. The Balaban J connectivity index is 1.98. The van der Waals surface area contributed by atoms with E-state index in [0.717, 1.165) is 22.0 Å². The third-order valence-electron chi connectivity index (χ3n) is 2.87. The first-order valence-corrected chi connectivity index (χ1v) is 8.28. The van der Waals surface area contributed by atoms with Crippen molar-refractivity contribution in [1.29, 1.82) is 0 Å². The van der Waals surface area contributed by atoms with Gasteiger partial charge in [-0.05, 0) is 45.0 Å². The maximum Gasteiger partial charge on any atom is 0.230 e. The van der Waals surface area contributed by atoms with Crippen LogP contribution in [0.15, 0.2) is 41.4 Å². The summed E-state index contributed by atoms with van der Waals surface area (Å²) in [6, 6.07) is 11.4. The van der Waals surface area contributed by atoms with Crippen molar-refractivity contribution in [3.05, 3.63) is 36.4 Å². The van der Waals surface area contributed by atoms with Gasteiger partial charge in [0.15, 0.2) is 0 Å². The van der Waals surface area contributed by atoms with E-state index in [4.69, 9.17) is 4.74 Å². The molecular formula is C17H21N3O2S. The summed E-state index contributed by atoms with van der Waals surface area (Å²) in [5.74, 6) is 1.09. The number of carbonyl (C=O) groups excluding carboxylic acids is 1. The SMILES string of the molecule is COc1cccc(-c2ccc(SCC(=O)NC(C)(C)C)nn2)c1. The van der Waals surface area contributed by atoms with Crippen LogP contribution in [0.1, 0.15) is 20.8 Å². The third kappa shape index (κ3) is 5.56. The Morgan fingerprint density at radius 3 is 2.61 bits per heavy atom. The highest BCUT2D eigenvalue weighted by Crippen LogP contribution is 2.23. The van der Waals surface area contributed by atoms with Crippen molar-refractivity contribution in [2.75, 3.05) is 12.9 Å². The predicted octanol–water partition coefficient (Wildman–Crippen LogP) is 3.16. The van der Waals surface area contributed by atoms with Crippen LogP contribution >= 0.6 is 11.8 Å². The highest BCUT2D eigenvalue weighted by atomic mass is 32.2. The van der Waals surface area contributed by atoms with Crippen LogP contribution in [0.2, 0.25) is 0 Å². The number of thioether (sulfide) groups is 1. The molecule has 0 aliphatic carbocycles. The number of nitrogens with one attached hydrogen (secondary N) is 1. The van der Waals surface area contributed by atoms with E-state index in [1.165, 1.54) is 11.8 Å². The molecule has 0 spiro atoms. The molecule has 122 valence electrons. The van der Waals surface area contributed by atoms with Crippen LogP contribution in [0.25, 0.3) is 11.3 Å². The number of rotatable bonds is 5. The van der Waals surface area contributed by atoms with Crippen molar-refractivity contribution < 1.29 is 9.53 Å². The largest absolute Gasteiger partial charge is 0.497 e. The first-order valence-electron chi connectivity index (χ1n) is 7.29. The van der Waals surface area contributed by atoms with Crippen molar-refractivity contribution in [3.63, 3.8) is 0 Å². The molecule has 1 aromatic heterocycles. The van der Waals surface area contributed by atoms with Gasteiger partial charge in [0.05, 0.1) is 18.6 Å². The Bertz CT molecular complexity index is 666. The van der Waals surface area contributed by atoms with Crippen molar-refractivity contribution in [3.8, 4) is 17.0 Å². The van der Waals surface area contributed by atoms with Gasteiger partial charge in [0.2, 0.25) is 5.91 Å². The van der Waals surface area contributed by atoms with Gasteiger partial charge < -0.3 is 10.1 Å². The molecular weight excluding hydrogens is 310 g/mol. The van der Waals surface area contributed by atoms with Gasteiger partial charge >= 0.3 is 0 Å². The zero-order valence-corrected chi connectivity index (χ0v) is 14.6. The van der Waals surface area contributed by atoms with Crippen LogP contribution < -0.4 is 10.1 Å². The zero-order chi connectivity index (χ0) is 16.9. The van der Waals surface area contributed by atoms with Gasteiger partial charge in [-0.25, -0.2) is 0 Å².